The molecule has 2 heterocycles. The Morgan fingerprint density at radius 1 is 1.19 bits per heavy atom. The molecule has 1 atom stereocenters. The van der Waals surface area contributed by atoms with Gasteiger partial charge in [0.1, 0.15) is 0 Å². The fraction of sp³-hybridized carbons (Fsp3) is 0.444. The number of β-amino-alcohol motifs (C(OH)–C–C–N with tert-alkyl or cyclic N) is 1. The van der Waals surface area contributed by atoms with Crippen LogP contribution in [0.3, 0.4) is 0 Å². The first-order valence-corrected chi connectivity index (χ1v) is 9.25. The average molecular weight is 381 g/mol. The highest BCUT2D eigenvalue weighted by Gasteiger charge is 2.19. The van der Waals surface area contributed by atoms with Crippen molar-refractivity contribution in [1.29, 1.82) is 0 Å². The van der Waals surface area contributed by atoms with Crippen LogP contribution in [0.4, 0.5) is 0 Å². The summed E-state index contributed by atoms with van der Waals surface area (Å²) in [5, 5.41) is 27.8. The summed E-state index contributed by atoms with van der Waals surface area (Å²) in [5.74, 6) is -3.65. The van der Waals surface area contributed by atoms with Crippen LogP contribution in [0, 0.1) is 0 Å². The summed E-state index contributed by atoms with van der Waals surface area (Å²) >= 11 is 1.81. The van der Waals surface area contributed by atoms with Gasteiger partial charge >= 0.3 is 11.9 Å². The van der Waals surface area contributed by atoms with E-state index < -0.39 is 11.9 Å². The summed E-state index contributed by atoms with van der Waals surface area (Å²) in [6.07, 6.45) is 1.75. The number of nitrogens with zero attached hydrogens (tertiary/aromatic N) is 1. The minimum atomic E-state index is -1.82. The van der Waals surface area contributed by atoms with E-state index in [1.807, 2.05) is 0 Å². The van der Waals surface area contributed by atoms with Gasteiger partial charge in [0.25, 0.3) is 0 Å². The molecule has 0 spiro atoms. The lowest BCUT2D eigenvalue weighted by molar-refractivity contribution is -0.159. The van der Waals surface area contributed by atoms with E-state index in [1.165, 1.54) is 15.6 Å². The van der Waals surface area contributed by atoms with Crippen molar-refractivity contribution in [2.45, 2.75) is 18.9 Å². The number of carboxylic acids is 2. The number of aliphatic carboxylic acids is 2. The maximum Gasteiger partial charge on any atom is 0.414 e. The molecule has 2 aromatic rings. The van der Waals surface area contributed by atoms with Crippen molar-refractivity contribution in [3.8, 4) is 0 Å². The molecule has 8 heteroatoms. The molecule has 1 aliphatic rings. The second-order valence-corrected chi connectivity index (χ2v) is 6.88. The van der Waals surface area contributed by atoms with E-state index in [0.29, 0.717) is 0 Å². The van der Waals surface area contributed by atoms with Gasteiger partial charge in [-0.1, -0.05) is 18.2 Å². The van der Waals surface area contributed by atoms with Gasteiger partial charge in [0.15, 0.2) is 0 Å². The number of ether oxygens (including phenoxy) is 1. The van der Waals surface area contributed by atoms with Crippen molar-refractivity contribution in [3.05, 3.63) is 35.2 Å². The molecule has 0 radical (unpaired) electrons. The Balaban J connectivity index is 0.000000352. The highest BCUT2D eigenvalue weighted by molar-refractivity contribution is 7.17. The number of hydrogen-bond donors (Lipinski definition) is 3. The van der Waals surface area contributed by atoms with Crippen LogP contribution in [0.25, 0.3) is 10.1 Å². The van der Waals surface area contributed by atoms with E-state index in [-0.39, 0.29) is 6.10 Å². The van der Waals surface area contributed by atoms with E-state index in [9.17, 15) is 5.11 Å². The molecule has 3 N–H and O–H groups in total. The van der Waals surface area contributed by atoms with Gasteiger partial charge in [-0.3, -0.25) is 4.90 Å². The maximum absolute atomic E-state index is 9.45. The van der Waals surface area contributed by atoms with Gasteiger partial charge in [-0.2, -0.15) is 0 Å². The van der Waals surface area contributed by atoms with Gasteiger partial charge in [-0.25, -0.2) is 9.59 Å². The first-order valence-electron chi connectivity index (χ1n) is 8.37. The predicted molar refractivity (Wildman–Crippen MR) is 98.7 cm³/mol. The van der Waals surface area contributed by atoms with Gasteiger partial charge in [0.05, 0.1) is 19.3 Å². The smallest absolute Gasteiger partial charge is 0.414 e. The van der Waals surface area contributed by atoms with Crippen molar-refractivity contribution in [1.82, 2.24) is 4.90 Å². The highest BCUT2D eigenvalue weighted by Crippen LogP contribution is 2.25. The molecule has 1 aromatic heterocycles. The summed E-state index contributed by atoms with van der Waals surface area (Å²) in [6.45, 7) is 4.27. The summed E-state index contributed by atoms with van der Waals surface area (Å²) < 4.78 is 7.09. The van der Waals surface area contributed by atoms with Crippen LogP contribution in [0.5, 0.6) is 0 Å². The fourth-order valence-electron chi connectivity index (χ4n) is 2.72. The minimum absolute atomic E-state index is 0.132. The fourth-order valence-corrected chi connectivity index (χ4v) is 3.72. The zero-order valence-corrected chi connectivity index (χ0v) is 15.2. The van der Waals surface area contributed by atoms with Crippen LogP contribution in [-0.2, 0) is 20.7 Å². The number of carbonyl (C=O) groups is 2. The zero-order chi connectivity index (χ0) is 18.9. The molecule has 142 valence electrons. The van der Waals surface area contributed by atoms with Crippen LogP contribution < -0.4 is 0 Å². The molecule has 3 rings (SSSR count). The van der Waals surface area contributed by atoms with Crippen molar-refractivity contribution < 1.29 is 29.6 Å². The molecule has 0 amide bonds. The van der Waals surface area contributed by atoms with Crippen LogP contribution in [0.2, 0.25) is 0 Å². The first kappa shape index (κ1) is 20.3. The van der Waals surface area contributed by atoms with Crippen LogP contribution in [0.1, 0.15) is 12.0 Å². The Labute approximate surface area is 155 Å². The van der Waals surface area contributed by atoms with Gasteiger partial charge in [-0.05, 0) is 35.2 Å². The molecule has 1 unspecified atom stereocenters. The minimum Gasteiger partial charge on any atom is -0.473 e. The lowest BCUT2D eigenvalue weighted by Gasteiger charge is -2.14. The molecule has 1 aliphatic heterocycles. The summed E-state index contributed by atoms with van der Waals surface area (Å²) in [7, 11) is 0. The number of aliphatic hydroxyl groups excluding tert-OH is 1. The van der Waals surface area contributed by atoms with Crippen LogP contribution in [-0.4, -0.2) is 71.1 Å². The molecule has 0 saturated carbocycles. The monoisotopic (exact) mass is 381 g/mol. The molecule has 26 heavy (non-hydrogen) atoms. The van der Waals surface area contributed by atoms with Crippen molar-refractivity contribution in [3.63, 3.8) is 0 Å². The summed E-state index contributed by atoms with van der Waals surface area (Å²) in [5.41, 5.74) is 1.39. The topological polar surface area (TPSA) is 107 Å². The Morgan fingerprint density at radius 2 is 1.92 bits per heavy atom. The lowest BCUT2D eigenvalue weighted by atomic mass is 10.1. The average Bonchev–Trinajstić information content (AvgIpc) is 3.21. The summed E-state index contributed by atoms with van der Waals surface area (Å²) in [6, 6.07) is 8.54. The number of thiophene rings is 1. The number of likely N-dealkylation sites (tertiary alicyclic amines) is 1. The zero-order valence-electron chi connectivity index (χ0n) is 14.3. The normalized spacial score (nSPS) is 17.0. The Kier molecular flexibility index (Phi) is 7.99. The molecule has 0 aliphatic carbocycles. The number of carboxylic acid groups (broad SMARTS) is 2. The molecular formula is C18H23NO6S. The number of aliphatic hydroxyl groups is 1. The number of benzene rings is 1. The molecule has 1 aromatic carbocycles. The van der Waals surface area contributed by atoms with Crippen molar-refractivity contribution in [2.24, 2.45) is 0 Å². The number of rotatable bonds is 6. The molecule has 0 bridgehead atoms. The quantitative estimate of drug-likeness (QED) is 0.516. The maximum atomic E-state index is 9.45. The third-order valence-electron chi connectivity index (χ3n) is 4.06. The van der Waals surface area contributed by atoms with Crippen molar-refractivity contribution in [2.75, 3.05) is 32.8 Å². The van der Waals surface area contributed by atoms with E-state index in [0.717, 1.165) is 45.7 Å². The number of fused-ring (bicyclic) bond motifs is 1. The molecule has 1 saturated heterocycles. The lowest BCUT2D eigenvalue weighted by Crippen LogP contribution is -2.26. The highest BCUT2D eigenvalue weighted by atomic mass is 32.1. The van der Waals surface area contributed by atoms with Crippen LogP contribution in [0.15, 0.2) is 29.6 Å². The molecule has 7 nitrogen and oxygen atoms in total. The molecular weight excluding hydrogens is 358 g/mol. The first-order chi connectivity index (χ1) is 12.5. The number of hydrogen-bond acceptors (Lipinski definition) is 6. The third kappa shape index (κ3) is 6.38. The van der Waals surface area contributed by atoms with E-state index >= 15 is 0 Å². The second kappa shape index (κ2) is 10.2. The Hall–Kier alpha value is -2.00. The van der Waals surface area contributed by atoms with E-state index in [2.05, 4.69) is 34.5 Å². The van der Waals surface area contributed by atoms with Gasteiger partial charge in [0.2, 0.25) is 0 Å². The van der Waals surface area contributed by atoms with Gasteiger partial charge in [0, 0.05) is 24.3 Å². The van der Waals surface area contributed by atoms with Crippen molar-refractivity contribution >= 4 is 33.4 Å². The van der Waals surface area contributed by atoms with E-state index in [4.69, 9.17) is 24.5 Å². The second-order valence-electron chi connectivity index (χ2n) is 5.97. The van der Waals surface area contributed by atoms with Crippen LogP contribution >= 0.6 is 11.3 Å². The van der Waals surface area contributed by atoms with Gasteiger partial charge < -0.3 is 20.1 Å². The molecule has 1 fully saturated rings. The largest absolute Gasteiger partial charge is 0.473 e. The standard InChI is InChI=1S/C16H21NO2S.C2H2O4/c18-14-5-7-17(11-14)8-10-19-9-6-13-12-20-16-4-2-1-3-15(13)16;3-1(4)2(5)6/h1-4,12,14,18H,5-11H2;(H,3,4)(H,5,6). The van der Waals surface area contributed by atoms with Gasteiger partial charge in [-0.15, -0.1) is 11.3 Å². The van der Waals surface area contributed by atoms with E-state index in [1.54, 1.807) is 11.3 Å². The Bertz CT molecular complexity index is 719. The SMILES string of the molecule is O=C(O)C(=O)O.OC1CCN(CCOCCc2csc3ccccc23)C1. The third-order valence-corrected chi connectivity index (χ3v) is 5.07. The Morgan fingerprint density at radius 3 is 2.58 bits per heavy atom. The predicted octanol–water partition coefficient (Wildman–Crippen LogP) is 1.68. The summed E-state index contributed by atoms with van der Waals surface area (Å²) in [4.78, 5) is 20.5.